The molecule has 1 aromatic carbocycles. The van der Waals surface area contributed by atoms with E-state index in [1.165, 1.54) is 31.9 Å². The highest BCUT2D eigenvalue weighted by atomic mass is 32.2. The second-order valence-corrected chi connectivity index (χ2v) is 8.97. The molecule has 6 heteroatoms. The summed E-state index contributed by atoms with van der Waals surface area (Å²) in [5, 5.41) is 7.39. The van der Waals surface area contributed by atoms with Gasteiger partial charge >= 0.3 is 0 Å². The highest BCUT2D eigenvalue weighted by molar-refractivity contribution is 7.90. The number of rotatable bonds is 4. The number of thiocarbonyl (C=S) groups is 1. The van der Waals surface area contributed by atoms with Crippen molar-refractivity contribution in [3.63, 3.8) is 0 Å². The number of hydrogen-bond donors (Lipinski definition) is 2. The highest BCUT2D eigenvalue weighted by Crippen LogP contribution is 2.24. The Bertz CT molecular complexity index is 641. The van der Waals surface area contributed by atoms with Crippen molar-refractivity contribution in [2.75, 3.05) is 6.26 Å². The normalized spacial score (nSPS) is 23.1. The lowest BCUT2D eigenvalue weighted by Gasteiger charge is -2.31. The average molecular weight is 355 g/mol. The van der Waals surface area contributed by atoms with Gasteiger partial charge in [0.15, 0.2) is 14.9 Å². The van der Waals surface area contributed by atoms with Crippen LogP contribution in [0, 0.1) is 5.92 Å². The van der Waals surface area contributed by atoms with Crippen LogP contribution in [0.5, 0.6) is 0 Å². The number of sulfone groups is 1. The van der Waals surface area contributed by atoms with Crippen LogP contribution in [0.4, 0.5) is 0 Å². The Balaban J connectivity index is 1.93. The van der Waals surface area contributed by atoms with E-state index >= 15 is 0 Å². The van der Waals surface area contributed by atoms with E-state index < -0.39 is 9.84 Å². The van der Waals surface area contributed by atoms with Gasteiger partial charge in [-0.3, -0.25) is 0 Å². The molecule has 1 aliphatic carbocycles. The molecule has 23 heavy (non-hydrogen) atoms. The maximum atomic E-state index is 11.5. The molecule has 0 aromatic heterocycles. The van der Waals surface area contributed by atoms with Crippen LogP contribution < -0.4 is 10.6 Å². The maximum Gasteiger partial charge on any atom is 0.175 e. The summed E-state index contributed by atoms with van der Waals surface area (Å²) in [7, 11) is -3.15. The standard InChI is InChI=1S/C17H26N2O2S2/c1-12-6-4-5-7-16(12)19-17(22)18-13(2)14-8-10-15(11-9-14)23(3,20)21/h8-13,16H,4-7H2,1-3H3,(H2,18,19,22)/t12-,13-,16+/m0/s1. The van der Waals surface area contributed by atoms with Crippen LogP contribution in [0.3, 0.4) is 0 Å². The third-order valence-corrected chi connectivity index (χ3v) is 5.95. The van der Waals surface area contributed by atoms with Crippen LogP contribution in [0.1, 0.15) is 51.1 Å². The quantitative estimate of drug-likeness (QED) is 0.813. The zero-order chi connectivity index (χ0) is 17.0. The van der Waals surface area contributed by atoms with Crippen LogP contribution in [0.15, 0.2) is 29.2 Å². The van der Waals surface area contributed by atoms with Gasteiger partial charge in [-0.25, -0.2) is 8.42 Å². The summed E-state index contributed by atoms with van der Waals surface area (Å²) in [5.74, 6) is 0.646. The zero-order valence-electron chi connectivity index (χ0n) is 14.0. The van der Waals surface area contributed by atoms with E-state index in [1.54, 1.807) is 12.1 Å². The average Bonchev–Trinajstić information content (AvgIpc) is 2.49. The fourth-order valence-electron chi connectivity index (χ4n) is 3.02. The van der Waals surface area contributed by atoms with Crippen molar-refractivity contribution < 1.29 is 8.42 Å². The Hall–Kier alpha value is -1.14. The molecule has 2 rings (SSSR count). The molecule has 1 saturated carbocycles. The largest absolute Gasteiger partial charge is 0.360 e. The molecule has 2 N–H and O–H groups in total. The SMILES string of the molecule is C[C@H](NC(=S)N[C@@H]1CCCC[C@@H]1C)c1ccc(S(C)(=O)=O)cc1. The lowest BCUT2D eigenvalue weighted by molar-refractivity contribution is 0.307. The van der Waals surface area contributed by atoms with Gasteiger partial charge in [-0.2, -0.15) is 0 Å². The summed E-state index contributed by atoms with van der Waals surface area (Å²) < 4.78 is 23.0. The molecule has 1 aromatic rings. The Morgan fingerprint density at radius 2 is 1.83 bits per heavy atom. The molecule has 0 bridgehead atoms. The van der Waals surface area contributed by atoms with E-state index in [9.17, 15) is 8.42 Å². The van der Waals surface area contributed by atoms with Crippen molar-refractivity contribution in [3.8, 4) is 0 Å². The van der Waals surface area contributed by atoms with E-state index in [4.69, 9.17) is 12.2 Å². The van der Waals surface area contributed by atoms with Crippen molar-refractivity contribution in [1.29, 1.82) is 0 Å². The molecule has 1 aliphatic rings. The topological polar surface area (TPSA) is 58.2 Å². The van der Waals surface area contributed by atoms with Gasteiger partial charge in [0.05, 0.1) is 10.9 Å². The van der Waals surface area contributed by atoms with Crippen LogP contribution in [0.2, 0.25) is 0 Å². The van der Waals surface area contributed by atoms with Crippen LogP contribution >= 0.6 is 12.2 Å². The monoisotopic (exact) mass is 354 g/mol. The Morgan fingerprint density at radius 1 is 1.22 bits per heavy atom. The summed E-state index contributed by atoms with van der Waals surface area (Å²) in [6, 6.07) is 7.43. The van der Waals surface area contributed by atoms with Crippen molar-refractivity contribution >= 4 is 27.2 Å². The van der Waals surface area contributed by atoms with Gasteiger partial charge in [0, 0.05) is 12.3 Å². The van der Waals surface area contributed by atoms with Gasteiger partial charge in [-0.05, 0) is 55.6 Å². The first-order valence-corrected chi connectivity index (χ1v) is 10.4. The number of benzene rings is 1. The first-order chi connectivity index (χ1) is 10.8. The summed E-state index contributed by atoms with van der Waals surface area (Å²) in [6.45, 7) is 4.29. The summed E-state index contributed by atoms with van der Waals surface area (Å²) in [6.07, 6.45) is 6.20. The van der Waals surface area contributed by atoms with Gasteiger partial charge in [0.1, 0.15) is 0 Å². The molecular formula is C17H26N2O2S2. The van der Waals surface area contributed by atoms with E-state index in [0.717, 1.165) is 5.56 Å². The van der Waals surface area contributed by atoms with E-state index in [0.29, 0.717) is 22.0 Å². The number of nitrogens with one attached hydrogen (secondary N) is 2. The fourth-order valence-corrected chi connectivity index (χ4v) is 3.98. The first kappa shape index (κ1) is 18.2. The third kappa shape index (κ3) is 5.18. The van der Waals surface area contributed by atoms with Gasteiger partial charge in [-0.1, -0.05) is 31.9 Å². The first-order valence-electron chi connectivity index (χ1n) is 8.14. The molecule has 1 fully saturated rings. The lowest BCUT2D eigenvalue weighted by atomic mass is 9.86. The predicted octanol–water partition coefficient (Wildman–Crippen LogP) is 3.19. The Morgan fingerprint density at radius 3 is 2.39 bits per heavy atom. The van der Waals surface area contributed by atoms with Crippen molar-refractivity contribution in [2.24, 2.45) is 5.92 Å². The van der Waals surface area contributed by atoms with Crippen molar-refractivity contribution in [2.45, 2.75) is 56.5 Å². The van der Waals surface area contributed by atoms with Crippen LogP contribution in [-0.4, -0.2) is 25.8 Å². The molecule has 0 spiro atoms. The minimum Gasteiger partial charge on any atom is -0.360 e. The molecule has 128 valence electrons. The second-order valence-electron chi connectivity index (χ2n) is 6.55. The van der Waals surface area contributed by atoms with E-state index in [-0.39, 0.29) is 6.04 Å². The van der Waals surface area contributed by atoms with Crippen LogP contribution in [-0.2, 0) is 9.84 Å². The minimum atomic E-state index is -3.15. The lowest BCUT2D eigenvalue weighted by Crippen LogP contribution is -2.46. The molecule has 0 radical (unpaired) electrons. The third-order valence-electron chi connectivity index (χ3n) is 4.58. The zero-order valence-corrected chi connectivity index (χ0v) is 15.6. The molecule has 0 heterocycles. The van der Waals surface area contributed by atoms with Crippen molar-refractivity contribution in [3.05, 3.63) is 29.8 Å². The summed E-state index contributed by atoms with van der Waals surface area (Å²) in [4.78, 5) is 0.338. The molecule has 0 unspecified atom stereocenters. The van der Waals surface area contributed by atoms with Gasteiger partial charge in [0.25, 0.3) is 0 Å². The molecule has 0 aliphatic heterocycles. The maximum absolute atomic E-state index is 11.5. The minimum absolute atomic E-state index is 0.0301. The Labute approximate surface area is 145 Å². The summed E-state index contributed by atoms with van der Waals surface area (Å²) >= 11 is 5.43. The van der Waals surface area contributed by atoms with E-state index in [2.05, 4.69) is 17.6 Å². The molecule has 3 atom stereocenters. The number of hydrogen-bond acceptors (Lipinski definition) is 3. The van der Waals surface area contributed by atoms with Gasteiger partial charge < -0.3 is 10.6 Å². The van der Waals surface area contributed by atoms with Gasteiger partial charge in [-0.15, -0.1) is 0 Å². The fraction of sp³-hybridized carbons (Fsp3) is 0.588. The molecular weight excluding hydrogens is 328 g/mol. The Kier molecular flexibility index (Phi) is 6.03. The molecule has 4 nitrogen and oxygen atoms in total. The van der Waals surface area contributed by atoms with Crippen molar-refractivity contribution in [1.82, 2.24) is 10.6 Å². The van der Waals surface area contributed by atoms with Crippen LogP contribution in [0.25, 0.3) is 0 Å². The predicted molar refractivity (Wildman–Crippen MR) is 98.3 cm³/mol. The second kappa shape index (κ2) is 7.62. The summed E-state index contributed by atoms with van der Waals surface area (Å²) in [5.41, 5.74) is 1.01. The smallest absolute Gasteiger partial charge is 0.175 e. The van der Waals surface area contributed by atoms with E-state index in [1.807, 2.05) is 19.1 Å². The molecule has 0 saturated heterocycles. The van der Waals surface area contributed by atoms with Gasteiger partial charge in [0.2, 0.25) is 0 Å². The highest BCUT2D eigenvalue weighted by Gasteiger charge is 2.22. The molecule has 0 amide bonds.